The largest absolute Gasteiger partial charge is 0.330 e. The maximum Gasteiger partial charge on any atom is 0.164 e. The number of hydrogen-bond acceptors (Lipinski definition) is 2. The summed E-state index contributed by atoms with van der Waals surface area (Å²) in [7, 11) is 0. The van der Waals surface area contributed by atoms with Gasteiger partial charge in [0.15, 0.2) is 5.78 Å². The molecule has 0 aliphatic carbocycles. The molecule has 0 unspecified atom stereocenters. The van der Waals surface area contributed by atoms with Crippen molar-refractivity contribution >= 4 is 5.78 Å². The van der Waals surface area contributed by atoms with E-state index in [4.69, 9.17) is 5.73 Å². The summed E-state index contributed by atoms with van der Waals surface area (Å²) in [4.78, 5) is 11.4. The van der Waals surface area contributed by atoms with Gasteiger partial charge in [0.1, 0.15) is 12.5 Å². The summed E-state index contributed by atoms with van der Waals surface area (Å²) in [6.45, 7) is 0.949. The first-order valence-corrected chi connectivity index (χ1v) is 4.68. The molecule has 0 fully saturated rings. The van der Waals surface area contributed by atoms with Gasteiger partial charge in [-0.2, -0.15) is 0 Å². The highest BCUT2D eigenvalue weighted by Gasteiger charge is 2.11. The summed E-state index contributed by atoms with van der Waals surface area (Å²) >= 11 is 0. The lowest BCUT2D eigenvalue weighted by Gasteiger charge is -2.06. The van der Waals surface area contributed by atoms with Gasteiger partial charge in [-0.1, -0.05) is 0 Å². The zero-order valence-corrected chi connectivity index (χ0v) is 8.52. The smallest absolute Gasteiger partial charge is 0.164 e. The second kappa shape index (κ2) is 4.98. The fraction of sp³-hybridized carbons (Fsp3) is 0.364. The molecule has 0 aliphatic rings. The average Bonchev–Trinajstić information content (AvgIpc) is 2.17. The molecule has 0 aliphatic heterocycles. The van der Waals surface area contributed by atoms with Gasteiger partial charge in [-0.05, 0) is 31.2 Å². The molecular formula is C11H13F2NO. The minimum Gasteiger partial charge on any atom is -0.330 e. The van der Waals surface area contributed by atoms with Crippen LogP contribution in [-0.2, 0) is 6.67 Å². The van der Waals surface area contributed by atoms with Crippen LogP contribution in [0.3, 0.4) is 0 Å². The van der Waals surface area contributed by atoms with Crippen molar-refractivity contribution in [3.8, 4) is 0 Å². The number of nitrogens with two attached hydrogens (primary N) is 1. The van der Waals surface area contributed by atoms with Crippen molar-refractivity contribution in [3.05, 3.63) is 34.6 Å². The van der Waals surface area contributed by atoms with Crippen LogP contribution in [0.15, 0.2) is 12.1 Å². The van der Waals surface area contributed by atoms with Gasteiger partial charge in [-0.15, -0.1) is 0 Å². The number of alkyl halides is 1. The Kier molecular flexibility index (Phi) is 3.91. The summed E-state index contributed by atoms with van der Waals surface area (Å²) < 4.78 is 25.7. The molecule has 1 aromatic rings. The predicted octanol–water partition coefficient (Wildman–Crippen LogP) is 2.14. The van der Waals surface area contributed by atoms with Crippen LogP contribution >= 0.6 is 0 Å². The maximum atomic E-state index is 13.3. The monoisotopic (exact) mass is 213 g/mol. The minimum absolute atomic E-state index is 0.0132. The Morgan fingerprint density at radius 2 is 2.13 bits per heavy atom. The zero-order valence-electron chi connectivity index (χ0n) is 8.52. The first kappa shape index (κ1) is 11.8. The second-order valence-corrected chi connectivity index (χ2v) is 3.35. The van der Waals surface area contributed by atoms with Crippen molar-refractivity contribution in [2.45, 2.75) is 20.0 Å². The van der Waals surface area contributed by atoms with Crippen molar-refractivity contribution in [1.29, 1.82) is 0 Å². The van der Waals surface area contributed by atoms with E-state index >= 15 is 0 Å². The van der Waals surface area contributed by atoms with Gasteiger partial charge >= 0.3 is 0 Å². The van der Waals surface area contributed by atoms with Gasteiger partial charge in [-0.3, -0.25) is 4.79 Å². The van der Waals surface area contributed by atoms with E-state index in [0.29, 0.717) is 5.56 Å². The second-order valence-electron chi connectivity index (χ2n) is 3.35. The number of hydrogen-bond donors (Lipinski definition) is 1. The molecule has 1 rings (SSSR count). The van der Waals surface area contributed by atoms with E-state index in [9.17, 15) is 13.6 Å². The third-order valence-electron chi connectivity index (χ3n) is 2.25. The quantitative estimate of drug-likeness (QED) is 0.778. The summed E-state index contributed by atoms with van der Waals surface area (Å²) in [5.74, 6) is -0.886. The fourth-order valence-corrected chi connectivity index (χ4v) is 1.38. The Hall–Kier alpha value is -1.29. The lowest BCUT2D eigenvalue weighted by Crippen LogP contribution is -2.09. The SMILES string of the molecule is Cc1cc(C(=O)CCN)cc(F)c1CF. The number of ketones is 1. The Bertz CT molecular complexity index is 354. The lowest BCUT2D eigenvalue weighted by molar-refractivity contribution is 0.0985. The molecule has 0 saturated heterocycles. The Morgan fingerprint density at radius 3 is 2.60 bits per heavy atom. The molecular weight excluding hydrogens is 200 g/mol. The van der Waals surface area contributed by atoms with E-state index in [1.807, 2.05) is 0 Å². The third kappa shape index (κ3) is 2.59. The van der Waals surface area contributed by atoms with Crippen molar-refractivity contribution in [2.24, 2.45) is 5.73 Å². The number of benzene rings is 1. The Morgan fingerprint density at radius 1 is 1.47 bits per heavy atom. The van der Waals surface area contributed by atoms with E-state index in [1.54, 1.807) is 6.92 Å². The molecule has 0 radical (unpaired) electrons. The van der Waals surface area contributed by atoms with Gasteiger partial charge in [0, 0.05) is 17.5 Å². The normalized spacial score (nSPS) is 10.4. The van der Waals surface area contributed by atoms with Crippen LogP contribution in [0.5, 0.6) is 0 Å². The molecule has 0 heterocycles. The fourth-order valence-electron chi connectivity index (χ4n) is 1.38. The van der Waals surface area contributed by atoms with E-state index in [0.717, 1.165) is 6.07 Å². The number of aryl methyl sites for hydroxylation is 1. The minimum atomic E-state index is -0.858. The van der Waals surface area contributed by atoms with E-state index < -0.39 is 12.5 Å². The van der Waals surface area contributed by atoms with E-state index in [2.05, 4.69) is 0 Å². The van der Waals surface area contributed by atoms with E-state index in [-0.39, 0.29) is 29.9 Å². The van der Waals surface area contributed by atoms with Crippen molar-refractivity contribution in [3.63, 3.8) is 0 Å². The summed E-state index contributed by atoms with van der Waals surface area (Å²) in [5.41, 5.74) is 5.95. The van der Waals surface area contributed by atoms with Crippen LogP contribution in [0.4, 0.5) is 8.78 Å². The molecule has 0 amide bonds. The van der Waals surface area contributed by atoms with Crippen LogP contribution in [-0.4, -0.2) is 12.3 Å². The molecule has 0 spiro atoms. The number of carbonyl (C=O) groups is 1. The highest BCUT2D eigenvalue weighted by Crippen LogP contribution is 2.18. The van der Waals surface area contributed by atoms with Crippen LogP contribution in [0.1, 0.15) is 27.9 Å². The molecule has 2 N–H and O–H groups in total. The van der Waals surface area contributed by atoms with Gasteiger partial charge in [0.2, 0.25) is 0 Å². The third-order valence-corrected chi connectivity index (χ3v) is 2.25. The Labute approximate surface area is 87.1 Å². The van der Waals surface area contributed by atoms with Crippen LogP contribution in [0.2, 0.25) is 0 Å². The number of rotatable bonds is 4. The zero-order chi connectivity index (χ0) is 11.4. The lowest BCUT2D eigenvalue weighted by atomic mass is 10.0. The summed E-state index contributed by atoms with van der Waals surface area (Å²) in [6, 6.07) is 2.57. The summed E-state index contributed by atoms with van der Waals surface area (Å²) in [6.07, 6.45) is 0.174. The highest BCUT2D eigenvalue weighted by atomic mass is 19.1. The molecule has 0 saturated carbocycles. The van der Waals surface area contributed by atoms with Crippen LogP contribution < -0.4 is 5.73 Å². The van der Waals surface area contributed by atoms with Crippen LogP contribution in [0, 0.1) is 12.7 Å². The first-order valence-electron chi connectivity index (χ1n) is 4.68. The molecule has 0 atom stereocenters. The van der Waals surface area contributed by atoms with Gasteiger partial charge in [0.25, 0.3) is 0 Å². The molecule has 0 bridgehead atoms. The topological polar surface area (TPSA) is 43.1 Å². The number of carbonyl (C=O) groups excluding carboxylic acids is 1. The van der Waals surface area contributed by atoms with Crippen molar-refractivity contribution < 1.29 is 13.6 Å². The molecule has 0 aromatic heterocycles. The van der Waals surface area contributed by atoms with Gasteiger partial charge in [0.05, 0.1) is 0 Å². The van der Waals surface area contributed by atoms with Crippen molar-refractivity contribution in [2.75, 3.05) is 6.54 Å². The average molecular weight is 213 g/mol. The molecule has 15 heavy (non-hydrogen) atoms. The Balaban J connectivity index is 3.08. The van der Waals surface area contributed by atoms with E-state index in [1.165, 1.54) is 6.07 Å². The van der Waals surface area contributed by atoms with Gasteiger partial charge in [-0.25, -0.2) is 8.78 Å². The molecule has 1 aromatic carbocycles. The van der Waals surface area contributed by atoms with Gasteiger partial charge < -0.3 is 5.73 Å². The van der Waals surface area contributed by atoms with Crippen LogP contribution in [0.25, 0.3) is 0 Å². The standard InChI is InChI=1S/C11H13F2NO/c1-7-4-8(11(15)2-3-14)5-10(13)9(7)6-12/h4-5H,2-3,6,14H2,1H3. The predicted molar refractivity (Wildman–Crippen MR) is 54.0 cm³/mol. The van der Waals surface area contributed by atoms with Crippen molar-refractivity contribution in [1.82, 2.24) is 0 Å². The highest BCUT2D eigenvalue weighted by molar-refractivity contribution is 5.96. The molecule has 82 valence electrons. The first-order chi connectivity index (χ1) is 7.10. The maximum absolute atomic E-state index is 13.3. The number of halogens is 2. The summed E-state index contributed by atoms with van der Waals surface area (Å²) in [5, 5.41) is 0. The molecule has 4 heteroatoms. The number of Topliss-reactive ketones (excluding diaryl/α,β-unsaturated/α-hetero) is 1. The molecule has 2 nitrogen and oxygen atoms in total.